The van der Waals surface area contributed by atoms with Gasteiger partial charge in [-0.15, -0.1) is 0 Å². The van der Waals surface area contributed by atoms with E-state index in [1.807, 2.05) is 18.9 Å². The first-order chi connectivity index (χ1) is 7.10. The molecule has 0 radical (unpaired) electrons. The van der Waals surface area contributed by atoms with Crippen LogP contribution in [0.15, 0.2) is 0 Å². The molecule has 0 aromatic carbocycles. The average molecular weight is 214 g/mol. The molecule has 2 unspecified atom stereocenters. The molecule has 2 amide bonds. The van der Waals surface area contributed by atoms with Crippen molar-refractivity contribution in [2.24, 2.45) is 5.92 Å². The Balaban J connectivity index is 2.54. The summed E-state index contributed by atoms with van der Waals surface area (Å²) in [6, 6.07) is 0.0860. The van der Waals surface area contributed by atoms with Gasteiger partial charge in [-0.2, -0.15) is 0 Å². The molecule has 4 heteroatoms. The molecule has 2 atom stereocenters. The van der Waals surface area contributed by atoms with Crippen LogP contribution >= 0.6 is 0 Å². The number of aliphatic hydroxyl groups excluding tert-OH is 1. The van der Waals surface area contributed by atoms with Crippen LogP contribution in [-0.2, 0) is 0 Å². The highest BCUT2D eigenvalue weighted by molar-refractivity contribution is 5.74. The van der Waals surface area contributed by atoms with E-state index in [1.165, 1.54) is 0 Å². The number of likely N-dealkylation sites (tertiary alicyclic amines) is 1. The summed E-state index contributed by atoms with van der Waals surface area (Å²) in [6.07, 6.45) is 1.41. The minimum atomic E-state index is -0.231. The van der Waals surface area contributed by atoms with E-state index in [2.05, 4.69) is 6.92 Å². The van der Waals surface area contributed by atoms with Crippen molar-refractivity contribution in [3.63, 3.8) is 0 Å². The van der Waals surface area contributed by atoms with Gasteiger partial charge in [0.15, 0.2) is 0 Å². The second-order valence-corrected chi connectivity index (χ2v) is 4.27. The lowest BCUT2D eigenvalue weighted by atomic mass is 9.93. The molecule has 0 saturated carbocycles. The lowest BCUT2D eigenvalue weighted by molar-refractivity contribution is 0.0328. The van der Waals surface area contributed by atoms with Crippen molar-refractivity contribution < 1.29 is 9.90 Å². The van der Waals surface area contributed by atoms with Gasteiger partial charge in [0.1, 0.15) is 0 Å². The molecule has 0 aliphatic carbocycles. The monoisotopic (exact) mass is 214 g/mol. The first-order valence-corrected chi connectivity index (χ1v) is 5.78. The standard InChI is InChI=1S/C11H22N2O2/c1-4-9-8-13(7-6-10(9)14)11(15)12(3)5-2/h9-10,14H,4-8H2,1-3H3. The third kappa shape index (κ3) is 2.84. The van der Waals surface area contributed by atoms with Crippen molar-refractivity contribution in [2.45, 2.75) is 32.8 Å². The van der Waals surface area contributed by atoms with Crippen LogP contribution in [0.1, 0.15) is 26.7 Å². The molecule has 1 rings (SSSR count). The molecule has 1 aliphatic rings. The van der Waals surface area contributed by atoms with Crippen LogP contribution in [0.3, 0.4) is 0 Å². The highest BCUT2D eigenvalue weighted by Gasteiger charge is 2.29. The minimum Gasteiger partial charge on any atom is -0.393 e. The molecule has 0 aromatic heterocycles. The number of amides is 2. The molecule has 1 heterocycles. The van der Waals surface area contributed by atoms with E-state index in [0.29, 0.717) is 19.5 Å². The molecule has 1 aliphatic heterocycles. The van der Waals surface area contributed by atoms with E-state index in [4.69, 9.17) is 0 Å². The largest absolute Gasteiger partial charge is 0.393 e. The second kappa shape index (κ2) is 5.35. The van der Waals surface area contributed by atoms with Crippen LogP contribution in [-0.4, -0.2) is 53.7 Å². The number of carbonyl (C=O) groups is 1. The maximum atomic E-state index is 11.9. The Hall–Kier alpha value is -0.770. The molecular weight excluding hydrogens is 192 g/mol. The van der Waals surface area contributed by atoms with Gasteiger partial charge >= 0.3 is 6.03 Å². The molecule has 1 fully saturated rings. The Labute approximate surface area is 91.9 Å². The van der Waals surface area contributed by atoms with Crippen molar-refractivity contribution in [1.29, 1.82) is 0 Å². The number of nitrogens with zero attached hydrogens (tertiary/aromatic N) is 2. The molecule has 0 bridgehead atoms. The number of aliphatic hydroxyl groups is 1. The second-order valence-electron chi connectivity index (χ2n) is 4.27. The van der Waals surface area contributed by atoms with Gasteiger partial charge in [0, 0.05) is 32.6 Å². The van der Waals surface area contributed by atoms with Crippen molar-refractivity contribution >= 4 is 6.03 Å². The zero-order valence-corrected chi connectivity index (χ0v) is 9.94. The first kappa shape index (κ1) is 12.3. The summed E-state index contributed by atoms with van der Waals surface area (Å²) in [5.74, 6) is 0.243. The van der Waals surface area contributed by atoms with Crippen LogP contribution in [0.5, 0.6) is 0 Å². The normalized spacial score (nSPS) is 26.5. The molecule has 15 heavy (non-hydrogen) atoms. The Kier molecular flexibility index (Phi) is 4.39. The number of carbonyl (C=O) groups excluding carboxylic acids is 1. The third-order valence-electron chi connectivity index (χ3n) is 3.29. The number of urea groups is 1. The van der Waals surface area contributed by atoms with E-state index >= 15 is 0 Å². The van der Waals surface area contributed by atoms with Gasteiger partial charge in [0.25, 0.3) is 0 Å². The van der Waals surface area contributed by atoms with Crippen molar-refractivity contribution in [3.05, 3.63) is 0 Å². The molecule has 88 valence electrons. The highest BCUT2D eigenvalue weighted by Crippen LogP contribution is 2.20. The van der Waals surface area contributed by atoms with Crippen molar-refractivity contribution in [1.82, 2.24) is 9.80 Å². The summed E-state index contributed by atoms with van der Waals surface area (Å²) in [5, 5.41) is 9.71. The van der Waals surface area contributed by atoms with Crippen LogP contribution in [0.2, 0.25) is 0 Å². The van der Waals surface area contributed by atoms with Crippen LogP contribution in [0.4, 0.5) is 4.79 Å². The Bertz CT molecular complexity index is 221. The first-order valence-electron chi connectivity index (χ1n) is 5.78. The van der Waals surface area contributed by atoms with E-state index in [0.717, 1.165) is 13.0 Å². The van der Waals surface area contributed by atoms with E-state index in [9.17, 15) is 9.90 Å². The van der Waals surface area contributed by atoms with Crippen LogP contribution in [0, 0.1) is 5.92 Å². The number of piperidine rings is 1. The predicted octanol–water partition coefficient (Wildman–Crippen LogP) is 1.15. The molecule has 4 nitrogen and oxygen atoms in total. The average Bonchev–Trinajstić information content (AvgIpc) is 2.27. The van der Waals surface area contributed by atoms with Crippen molar-refractivity contribution in [3.8, 4) is 0 Å². The van der Waals surface area contributed by atoms with Gasteiger partial charge in [0.2, 0.25) is 0 Å². The van der Waals surface area contributed by atoms with Crippen LogP contribution < -0.4 is 0 Å². The van der Waals surface area contributed by atoms with Gasteiger partial charge in [0.05, 0.1) is 6.10 Å². The van der Waals surface area contributed by atoms with Gasteiger partial charge in [-0.25, -0.2) is 4.79 Å². The van der Waals surface area contributed by atoms with E-state index in [-0.39, 0.29) is 18.1 Å². The summed E-state index contributed by atoms with van der Waals surface area (Å²) in [7, 11) is 1.81. The third-order valence-corrected chi connectivity index (χ3v) is 3.29. The summed E-state index contributed by atoms with van der Waals surface area (Å²) < 4.78 is 0. The Morgan fingerprint density at radius 1 is 1.53 bits per heavy atom. The lowest BCUT2D eigenvalue weighted by Gasteiger charge is -2.37. The smallest absolute Gasteiger partial charge is 0.319 e. The summed E-state index contributed by atoms with van der Waals surface area (Å²) in [4.78, 5) is 15.4. The Morgan fingerprint density at radius 3 is 2.73 bits per heavy atom. The molecule has 0 spiro atoms. The Morgan fingerprint density at radius 2 is 2.20 bits per heavy atom. The summed E-state index contributed by atoms with van der Waals surface area (Å²) in [6.45, 7) is 6.13. The fourth-order valence-electron chi connectivity index (χ4n) is 1.97. The van der Waals surface area contributed by atoms with E-state index < -0.39 is 0 Å². The zero-order chi connectivity index (χ0) is 11.4. The number of hydrogen-bond donors (Lipinski definition) is 1. The van der Waals surface area contributed by atoms with Gasteiger partial charge in [-0.1, -0.05) is 6.92 Å². The molecule has 0 aromatic rings. The lowest BCUT2D eigenvalue weighted by Crippen LogP contribution is -2.49. The summed E-state index contributed by atoms with van der Waals surface area (Å²) in [5.41, 5.74) is 0. The molecule has 1 saturated heterocycles. The topological polar surface area (TPSA) is 43.8 Å². The maximum Gasteiger partial charge on any atom is 0.319 e. The molecular formula is C11H22N2O2. The van der Waals surface area contributed by atoms with Crippen LogP contribution in [0.25, 0.3) is 0 Å². The fourth-order valence-corrected chi connectivity index (χ4v) is 1.97. The minimum absolute atomic E-state index is 0.0860. The SMILES string of the molecule is CCC1CN(C(=O)N(C)CC)CCC1O. The van der Waals surface area contributed by atoms with Crippen molar-refractivity contribution in [2.75, 3.05) is 26.7 Å². The van der Waals surface area contributed by atoms with Gasteiger partial charge in [-0.05, 0) is 19.8 Å². The quantitative estimate of drug-likeness (QED) is 0.749. The molecule has 1 N–H and O–H groups in total. The van der Waals surface area contributed by atoms with Gasteiger partial charge < -0.3 is 14.9 Å². The van der Waals surface area contributed by atoms with E-state index in [1.54, 1.807) is 4.90 Å². The number of rotatable bonds is 2. The zero-order valence-electron chi connectivity index (χ0n) is 9.94. The maximum absolute atomic E-state index is 11.9. The highest BCUT2D eigenvalue weighted by atomic mass is 16.3. The summed E-state index contributed by atoms with van der Waals surface area (Å²) >= 11 is 0. The number of hydrogen-bond acceptors (Lipinski definition) is 2. The fraction of sp³-hybridized carbons (Fsp3) is 0.909. The van der Waals surface area contributed by atoms with Gasteiger partial charge in [-0.3, -0.25) is 0 Å². The predicted molar refractivity (Wildman–Crippen MR) is 59.7 cm³/mol.